The molecule has 0 spiro atoms. The number of carbonyl (C=O) groups is 1. The van der Waals surface area contributed by atoms with Crippen molar-refractivity contribution in [1.82, 2.24) is 10.2 Å². The minimum Gasteiger partial charge on any atom is -0.351 e. The number of piperidine rings is 1. The molecular formula is C15H21BrN2O. The van der Waals surface area contributed by atoms with E-state index in [1.54, 1.807) is 0 Å². The maximum atomic E-state index is 11.9. The van der Waals surface area contributed by atoms with Gasteiger partial charge in [-0.1, -0.05) is 22.9 Å². The highest BCUT2D eigenvalue weighted by Crippen LogP contribution is 2.15. The van der Waals surface area contributed by atoms with Crippen LogP contribution in [0.2, 0.25) is 0 Å². The van der Waals surface area contributed by atoms with E-state index in [2.05, 4.69) is 33.1 Å². The number of hydrogen-bond donors (Lipinski definition) is 1. The third-order valence-corrected chi connectivity index (χ3v) is 4.22. The first-order chi connectivity index (χ1) is 9.15. The smallest absolute Gasteiger partial charge is 0.251 e. The Morgan fingerprint density at radius 1 is 1.32 bits per heavy atom. The van der Waals surface area contributed by atoms with E-state index in [4.69, 9.17) is 0 Å². The average molecular weight is 325 g/mol. The van der Waals surface area contributed by atoms with Gasteiger partial charge in [0, 0.05) is 23.1 Å². The number of carbonyl (C=O) groups excluding carboxylic acids is 1. The number of hydrogen-bond acceptors (Lipinski definition) is 2. The van der Waals surface area contributed by atoms with Crippen LogP contribution in [0.15, 0.2) is 28.7 Å². The third kappa shape index (κ3) is 4.62. The molecule has 1 aliphatic rings. The first-order valence-corrected chi connectivity index (χ1v) is 7.70. The first kappa shape index (κ1) is 14.5. The van der Waals surface area contributed by atoms with Crippen LogP contribution in [0.5, 0.6) is 0 Å². The topological polar surface area (TPSA) is 32.3 Å². The molecule has 1 N–H and O–H groups in total. The van der Waals surface area contributed by atoms with E-state index in [1.165, 1.54) is 12.8 Å². The van der Waals surface area contributed by atoms with Gasteiger partial charge in [-0.3, -0.25) is 4.79 Å². The highest BCUT2D eigenvalue weighted by molar-refractivity contribution is 9.10. The third-order valence-electron chi connectivity index (χ3n) is 3.70. The largest absolute Gasteiger partial charge is 0.351 e. The van der Waals surface area contributed by atoms with E-state index < -0.39 is 0 Å². The zero-order valence-electron chi connectivity index (χ0n) is 11.4. The lowest BCUT2D eigenvalue weighted by Gasteiger charge is -2.30. The number of halogens is 1. The number of nitrogens with zero attached hydrogens (tertiary/aromatic N) is 1. The Hall–Kier alpha value is -0.870. The van der Waals surface area contributed by atoms with Gasteiger partial charge >= 0.3 is 0 Å². The molecule has 1 aromatic carbocycles. The zero-order chi connectivity index (χ0) is 13.7. The number of nitrogens with one attached hydrogen (secondary N) is 1. The van der Waals surface area contributed by atoms with Gasteiger partial charge in [0.2, 0.25) is 0 Å². The summed E-state index contributed by atoms with van der Waals surface area (Å²) in [4.78, 5) is 14.3. The van der Waals surface area contributed by atoms with E-state index in [0.717, 1.165) is 42.1 Å². The summed E-state index contributed by atoms with van der Waals surface area (Å²) in [7, 11) is 0. The summed E-state index contributed by atoms with van der Waals surface area (Å²) in [5.41, 5.74) is 0.718. The van der Waals surface area contributed by atoms with Crippen LogP contribution >= 0.6 is 15.9 Å². The Kier molecular flexibility index (Phi) is 5.40. The van der Waals surface area contributed by atoms with Gasteiger partial charge in [-0.05, 0) is 56.1 Å². The maximum absolute atomic E-state index is 11.9. The summed E-state index contributed by atoms with van der Waals surface area (Å²) in [6.45, 7) is 6.32. The molecule has 1 saturated heterocycles. The Morgan fingerprint density at radius 2 is 1.95 bits per heavy atom. The highest BCUT2D eigenvalue weighted by Gasteiger charge is 2.15. The van der Waals surface area contributed by atoms with Crippen LogP contribution in [0.4, 0.5) is 0 Å². The normalized spacial score (nSPS) is 17.4. The molecule has 1 aliphatic heterocycles. The second kappa shape index (κ2) is 7.06. The monoisotopic (exact) mass is 324 g/mol. The number of likely N-dealkylation sites (tertiary alicyclic amines) is 1. The van der Waals surface area contributed by atoms with Crippen LogP contribution in [0, 0.1) is 5.92 Å². The van der Waals surface area contributed by atoms with Crippen molar-refractivity contribution in [3.8, 4) is 0 Å². The van der Waals surface area contributed by atoms with E-state index >= 15 is 0 Å². The SMILES string of the molecule is CC1CCN(CCNC(=O)c2ccc(Br)cc2)CC1. The fourth-order valence-corrected chi connectivity index (χ4v) is 2.58. The second-order valence-corrected chi connectivity index (χ2v) is 6.20. The van der Waals surface area contributed by atoms with Crippen LogP contribution in [-0.4, -0.2) is 37.0 Å². The lowest BCUT2D eigenvalue weighted by Crippen LogP contribution is -2.39. The van der Waals surface area contributed by atoms with E-state index in [9.17, 15) is 4.79 Å². The Morgan fingerprint density at radius 3 is 2.58 bits per heavy atom. The van der Waals surface area contributed by atoms with Crippen LogP contribution in [-0.2, 0) is 0 Å². The molecule has 19 heavy (non-hydrogen) atoms. The Labute approximate surface area is 123 Å². The highest BCUT2D eigenvalue weighted by atomic mass is 79.9. The van der Waals surface area contributed by atoms with Crippen molar-refractivity contribution in [3.63, 3.8) is 0 Å². The number of rotatable bonds is 4. The van der Waals surface area contributed by atoms with Crippen molar-refractivity contribution < 1.29 is 4.79 Å². The van der Waals surface area contributed by atoms with Gasteiger partial charge in [0.25, 0.3) is 5.91 Å². The summed E-state index contributed by atoms with van der Waals surface area (Å²) >= 11 is 3.37. The maximum Gasteiger partial charge on any atom is 0.251 e. The molecule has 104 valence electrons. The molecule has 0 aliphatic carbocycles. The fraction of sp³-hybridized carbons (Fsp3) is 0.533. The Balaban J connectivity index is 1.70. The van der Waals surface area contributed by atoms with Gasteiger partial charge in [-0.2, -0.15) is 0 Å². The summed E-state index contributed by atoms with van der Waals surface area (Å²) in [6, 6.07) is 7.45. The van der Waals surface area contributed by atoms with Crippen molar-refractivity contribution in [2.75, 3.05) is 26.2 Å². The number of amides is 1. The minimum atomic E-state index is 0.0119. The molecule has 0 radical (unpaired) electrons. The molecule has 1 amide bonds. The van der Waals surface area contributed by atoms with Gasteiger partial charge in [-0.25, -0.2) is 0 Å². The van der Waals surface area contributed by atoms with Crippen LogP contribution < -0.4 is 5.32 Å². The Bertz CT molecular complexity index is 411. The lowest BCUT2D eigenvalue weighted by molar-refractivity contribution is 0.0944. The summed E-state index contributed by atoms with van der Waals surface area (Å²) in [6.07, 6.45) is 2.56. The van der Waals surface area contributed by atoms with Crippen LogP contribution in [0.25, 0.3) is 0 Å². The lowest BCUT2D eigenvalue weighted by atomic mass is 9.99. The van der Waals surface area contributed by atoms with Crippen molar-refractivity contribution in [3.05, 3.63) is 34.3 Å². The van der Waals surface area contributed by atoms with Crippen molar-refractivity contribution >= 4 is 21.8 Å². The summed E-state index contributed by atoms with van der Waals surface area (Å²) < 4.78 is 0.992. The molecule has 4 heteroatoms. The molecule has 3 nitrogen and oxygen atoms in total. The van der Waals surface area contributed by atoms with Crippen molar-refractivity contribution in [1.29, 1.82) is 0 Å². The molecule has 0 aromatic heterocycles. The van der Waals surface area contributed by atoms with Gasteiger partial charge < -0.3 is 10.2 Å². The van der Waals surface area contributed by atoms with E-state index in [-0.39, 0.29) is 5.91 Å². The summed E-state index contributed by atoms with van der Waals surface area (Å²) in [5, 5.41) is 2.98. The summed E-state index contributed by atoms with van der Waals surface area (Å²) in [5.74, 6) is 0.867. The van der Waals surface area contributed by atoms with Crippen LogP contribution in [0.3, 0.4) is 0 Å². The van der Waals surface area contributed by atoms with Crippen molar-refractivity contribution in [2.45, 2.75) is 19.8 Å². The zero-order valence-corrected chi connectivity index (χ0v) is 12.9. The molecular weight excluding hydrogens is 304 g/mol. The molecule has 2 rings (SSSR count). The molecule has 1 aromatic rings. The molecule has 0 bridgehead atoms. The van der Waals surface area contributed by atoms with E-state index in [1.807, 2.05) is 24.3 Å². The molecule has 1 heterocycles. The predicted molar refractivity (Wildman–Crippen MR) is 81.3 cm³/mol. The fourth-order valence-electron chi connectivity index (χ4n) is 2.32. The van der Waals surface area contributed by atoms with Gasteiger partial charge in [-0.15, -0.1) is 0 Å². The molecule has 0 unspecified atom stereocenters. The van der Waals surface area contributed by atoms with Crippen LogP contribution in [0.1, 0.15) is 30.1 Å². The quantitative estimate of drug-likeness (QED) is 0.923. The predicted octanol–water partition coefficient (Wildman–Crippen LogP) is 2.91. The van der Waals surface area contributed by atoms with E-state index in [0.29, 0.717) is 0 Å². The van der Waals surface area contributed by atoms with Gasteiger partial charge in [0.15, 0.2) is 0 Å². The molecule has 0 atom stereocenters. The molecule has 0 saturated carbocycles. The minimum absolute atomic E-state index is 0.0119. The first-order valence-electron chi connectivity index (χ1n) is 6.91. The standard InChI is InChI=1S/C15H21BrN2O/c1-12-6-9-18(10-7-12)11-8-17-15(19)13-2-4-14(16)5-3-13/h2-5,12H,6-11H2,1H3,(H,17,19). The van der Waals surface area contributed by atoms with Crippen molar-refractivity contribution in [2.24, 2.45) is 5.92 Å². The molecule has 1 fully saturated rings. The average Bonchev–Trinajstić information content (AvgIpc) is 2.41. The van der Waals surface area contributed by atoms with Gasteiger partial charge in [0.05, 0.1) is 0 Å². The van der Waals surface area contributed by atoms with Gasteiger partial charge in [0.1, 0.15) is 0 Å². The number of benzene rings is 1. The second-order valence-electron chi connectivity index (χ2n) is 5.29.